The highest BCUT2D eigenvalue weighted by molar-refractivity contribution is 5.99. The predicted molar refractivity (Wildman–Crippen MR) is 74.4 cm³/mol. The number of aryl methyl sites for hydroxylation is 1. The van der Waals surface area contributed by atoms with Gasteiger partial charge in [0.2, 0.25) is 0 Å². The van der Waals surface area contributed by atoms with Gasteiger partial charge in [0.05, 0.1) is 17.0 Å². The quantitative estimate of drug-likeness (QED) is 0.488. The second-order valence-electron chi connectivity index (χ2n) is 4.53. The Kier molecular flexibility index (Phi) is 3.83. The number of non-ortho nitro benzene ring substituents is 1. The molecular formula is C12H14N6O3. The predicted octanol–water partition coefficient (Wildman–Crippen LogP) is 0.876. The first-order valence-corrected chi connectivity index (χ1v) is 6.05. The van der Waals surface area contributed by atoms with Gasteiger partial charge in [0, 0.05) is 24.9 Å². The SMILES string of the molecule is Cc1nc(CN(C)C(=O)c2cc([N+](=O)[O-])ccc2N)n[nH]1. The fraction of sp³-hybridized carbons (Fsp3) is 0.250. The van der Waals surface area contributed by atoms with Gasteiger partial charge in [0.25, 0.3) is 11.6 Å². The first-order valence-electron chi connectivity index (χ1n) is 6.05. The number of aromatic nitrogens is 3. The molecule has 1 amide bonds. The molecule has 0 fully saturated rings. The van der Waals surface area contributed by atoms with Crippen LogP contribution in [0.4, 0.5) is 11.4 Å². The van der Waals surface area contributed by atoms with E-state index in [1.807, 2.05) is 0 Å². The van der Waals surface area contributed by atoms with Crippen LogP contribution in [-0.4, -0.2) is 38.0 Å². The summed E-state index contributed by atoms with van der Waals surface area (Å²) < 4.78 is 0. The summed E-state index contributed by atoms with van der Waals surface area (Å²) in [6.45, 7) is 1.92. The molecule has 0 aliphatic carbocycles. The van der Waals surface area contributed by atoms with Gasteiger partial charge in [-0.2, -0.15) is 5.10 Å². The maximum Gasteiger partial charge on any atom is 0.270 e. The van der Waals surface area contributed by atoms with E-state index < -0.39 is 10.8 Å². The molecule has 9 heteroatoms. The number of anilines is 1. The highest BCUT2D eigenvalue weighted by Crippen LogP contribution is 2.21. The smallest absolute Gasteiger partial charge is 0.270 e. The number of amides is 1. The summed E-state index contributed by atoms with van der Waals surface area (Å²) in [7, 11) is 1.55. The number of aromatic amines is 1. The highest BCUT2D eigenvalue weighted by atomic mass is 16.6. The maximum atomic E-state index is 12.3. The van der Waals surface area contributed by atoms with E-state index in [2.05, 4.69) is 15.2 Å². The molecule has 0 bridgehead atoms. The van der Waals surface area contributed by atoms with E-state index in [-0.39, 0.29) is 23.5 Å². The first-order chi connectivity index (χ1) is 9.88. The Morgan fingerprint density at radius 2 is 2.24 bits per heavy atom. The lowest BCUT2D eigenvalue weighted by atomic mass is 10.1. The topological polar surface area (TPSA) is 131 Å². The molecule has 0 spiro atoms. The fourth-order valence-electron chi connectivity index (χ4n) is 1.79. The zero-order valence-corrected chi connectivity index (χ0v) is 11.5. The molecular weight excluding hydrogens is 276 g/mol. The number of nitrogens with one attached hydrogen (secondary N) is 1. The number of hydrogen-bond donors (Lipinski definition) is 2. The lowest BCUT2D eigenvalue weighted by molar-refractivity contribution is -0.384. The molecule has 1 aromatic heterocycles. The summed E-state index contributed by atoms with van der Waals surface area (Å²) in [6.07, 6.45) is 0. The van der Waals surface area contributed by atoms with Gasteiger partial charge in [-0.05, 0) is 13.0 Å². The monoisotopic (exact) mass is 290 g/mol. The molecule has 0 saturated heterocycles. The standard InChI is InChI=1S/C12H14N6O3/c1-7-14-11(16-15-7)6-17(2)12(19)9-5-8(18(20)21)3-4-10(9)13/h3-5H,6,13H2,1-2H3,(H,14,15,16). The van der Waals surface area contributed by atoms with Gasteiger partial charge in [0.1, 0.15) is 5.82 Å². The van der Waals surface area contributed by atoms with Crippen LogP contribution in [0.5, 0.6) is 0 Å². The Balaban J connectivity index is 2.22. The van der Waals surface area contributed by atoms with Gasteiger partial charge in [-0.25, -0.2) is 4.98 Å². The number of nitro groups is 1. The van der Waals surface area contributed by atoms with Crippen molar-refractivity contribution in [2.45, 2.75) is 13.5 Å². The van der Waals surface area contributed by atoms with Crippen molar-refractivity contribution in [3.63, 3.8) is 0 Å². The minimum atomic E-state index is -0.575. The molecule has 2 rings (SSSR count). The lowest BCUT2D eigenvalue weighted by Crippen LogP contribution is -2.27. The average Bonchev–Trinajstić information content (AvgIpc) is 2.83. The Morgan fingerprint density at radius 3 is 2.81 bits per heavy atom. The van der Waals surface area contributed by atoms with Crippen LogP contribution in [-0.2, 0) is 6.54 Å². The van der Waals surface area contributed by atoms with Gasteiger partial charge in [-0.3, -0.25) is 20.0 Å². The van der Waals surface area contributed by atoms with Crippen molar-refractivity contribution in [3.8, 4) is 0 Å². The van der Waals surface area contributed by atoms with Crippen LogP contribution in [0.15, 0.2) is 18.2 Å². The number of carbonyl (C=O) groups excluding carboxylic acids is 1. The van der Waals surface area contributed by atoms with E-state index in [1.165, 1.54) is 17.0 Å². The molecule has 9 nitrogen and oxygen atoms in total. The molecule has 21 heavy (non-hydrogen) atoms. The van der Waals surface area contributed by atoms with Gasteiger partial charge in [-0.1, -0.05) is 0 Å². The molecule has 0 aliphatic rings. The number of H-pyrrole nitrogens is 1. The number of nitro benzene ring substituents is 1. The molecule has 2 aromatic rings. The minimum absolute atomic E-state index is 0.0824. The van der Waals surface area contributed by atoms with Crippen LogP contribution in [0.25, 0.3) is 0 Å². The summed E-state index contributed by atoms with van der Waals surface area (Å²) in [5.74, 6) is 0.659. The number of hydrogen-bond acceptors (Lipinski definition) is 6. The number of carbonyl (C=O) groups is 1. The molecule has 0 saturated carbocycles. The maximum absolute atomic E-state index is 12.3. The van der Waals surface area contributed by atoms with Gasteiger partial charge < -0.3 is 10.6 Å². The summed E-state index contributed by atoms with van der Waals surface area (Å²) >= 11 is 0. The third kappa shape index (κ3) is 3.14. The average molecular weight is 290 g/mol. The summed E-state index contributed by atoms with van der Waals surface area (Å²) in [5, 5.41) is 17.4. The zero-order chi connectivity index (χ0) is 15.6. The number of nitrogens with zero attached hydrogens (tertiary/aromatic N) is 4. The van der Waals surface area contributed by atoms with Crippen molar-refractivity contribution < 1.29 is 9.72 Å². The molecule has 3 N–H and O–H groups in total. The number of benzene rings is 1. The van der Waals surface area contributed by atoms with Crippen LogP contribution >= 0.6 is 0 Å². The molecule has 1 aromatic carbocycles. The molecule has 0 atom stereocenters. The van der Waals surface area contributed by atoms with Gasteiger partial charge >= 0.3 is 0 Å². The van der Waals surface area contributed by atoms with E-state index in [0.717, 1.165) is 6.07 Å². The Hall–Kier alpha value is -2.97. The molecule has 110 valence electrons. The van der Waals surface area contributed by atoms with Crippen molar-refractivity contribution in [2.75, 3.05) is 12.8 Å². The van der Waals surface area contributed by atoms with Crippen LogP contribution in [0.3, 0.4) is 0 Å². The second kappa shape index (κ2) is 5.57. The number of rotatable bonds is 4. The number of nitrogen functional groups attached to an aromatic ring is 1. The summed E-state index contributed by atoms with van der Waals surface area (Å²) in [4.78, 5) is 27.9. The van der Waals surface area contributed by atoms with E-state index in [9.17, 15) is 14.9 Å². The van der Waals surface area contributed by atoms with Crippen molar-refractivity contribution in [1.82, 2.24) is 20.1 Å². The van der Waals surface area contributed by atoms with Crippen LogP contribution in [0.1, 0.15) is 22.0 Å². The summed E-state index contributed by atoms with van der Waals surface area (Å²) in [6, 6.07) is 3.76. The Morgan fingerprint density at radius 1 is 1.52 bits per heavy atom. The van der Waals surface area contributed by atoms with E-state index in [4.69, 9.17) is 5.73 Å². The van der Waals surface area contributed by atoms with E-state index >= 15 is 0 Å². The van der Waals surface area contributed by atoms with Crippen LogP contribution in [0, 0.1) is 17.0 Å². The van der Waals surface area contributed by atoms with Crippen molar-refractivity contribution in [3.05, 3.63) is 45.5 Å². The fourth-order valence-corrected chi connectivity index (χ4v) is 1.79. The summed E-state index contributed by atoms with van der Waals surface area (Å²) in [5.41, 5.74) is 5.80. The zero-order valence-electron chi connectivity index (χ0n) is 11.5. The third-order valence-corrected chi connectivity index (χ3v) is 2.85. The molecule has 0 unspecified atom stereocenters. The third-order valence-electron chi connectivity index (χ3n) is 2.85. The molecule has 0 aliphatic heterocycles. The van der Waals surface area contributed by atoms with Gasteiger partial charge in [0.15, 0.2) is 5.82 Å². The lowest BCUT2D eigenvalue weighted by Gasteiger charge is -2.16. The Bertz CT molecular complexity index is 696. The first kappa shape index (κ1) is 14.4. The number of nitrogens with two attached hydrogens (primary N) is 1. The van der Waals surface area contributed by atoms with Crippen LogP contribution < -0.4 is 5.73 Å². The van der Waals surface area contributed by atoms with E-state index in [1.54, 1.807) is 14.0 Å². The molecule has 0 radical (unpaired) electrons. The van der Waals surface area contributed by atoms with E-state index in [0.29, 0.717) is 11.6 Å². The van der Waals surface area contributed by atoms with Gasteiger partial charge in [-0.15, -0.1) is 0 Å². The van der Waals surface area contributed by atoms with Crippen molar-refractivity contribution in [2.24, 2.45) is 0 Å². The van der Waals surface area contributed by atoms with Crippen molar-refractivity contribution >= 4 is 17.3 Å². The second-order valence-corrected chi connectivity index (χ2v) is 4.53. The Labute approximate surface area is 119 Å². The highest BCUT2D eigenvalue weighted by Gasteiger charge is 2.19. The van der Waals surface area contributed by atoms with Crippen LogP contribution in [0.2, 0.25) is 0 Å². The normalized spacial score (nSPS) is 10.4. The minimum Gasteiger partial charge on any atom is -0.398 e. The van der Waals surface area contributed by atoms with Crippen molar-refractivity contribution in [1.29, 1.82) is 0 Å². The largest absolute Gasteiger partial charge is 0.398 e. The molecule has 1 heterocycles.